The second-order valence-corrected chi connectivity index (χ2v) is 8.32. The molecule has 2 N–H and O–H groups in total. The first-order valence-corrected chi connectivity index (χ1v) is 11.0. The van der Waals surface area contributed by atoms with Gasteiger partial charge in [-0.25, -0.2) is 4.79 Å². The number of H-pyrrole nitrogens is 1. The van der Waals surface area contributed by atoms with E-state index < -0.39 is 0 Å². The number of nitrogens with one attached hydrogen (secondary N) is 2. The summed E-state index contributed by atoms with van der Waals surface area (Å²) in [7, 11) is 3.17. The minimum absolute atomic E-state index is 0.155. The van der Waals surface area contributed by atoms with Crippen molar-refractivity contribution in [2.24, 2.45) is 0 Å². The third-order valence-electron chi connectivity index (χ3n) is 6.32. The molecule has 6 heteroatoms. The number of benzene rings is 3. The molecule has 1 aliphatic rings. The maximum Gasteiger partial charge on any atom is 0.322 e. The molecule has 0 bridgehead atoms. The molecule has 2 amide bonds. The summed E-state index contributed by atoms with van der Waals surface area (Å²) in [4.78, 5) is 19.0. The van der Waals surface area contributed by atoms with Crippen LogP contribution in [0.15, 0.2) is 66.7 Å². The lowest BCUT2D eigenvalue weighted by atomic mass is 9.92. The third-order valence-corrected chi connectivity index (χ3v) is 6.32. The molecule has 1 aromatic heterocycles. The molecular weight excluding hydrogens is 414 g/mol. The number of fused-ring (bicyclic) bond motifs is 3. The van der Waals surface area contributed by atoms with E-state index in [4.69, 9.17) is 9.47 Å². The number of anilines is 1. The summed E-state index contributed by atoms with van der Waals surface area (Å²) in [5.41, 5.74) is 6.38. The number of nitrogens with zero attached hydrogens (tertiary/aromatic N) is 1. The van der Waals surface area contributed by atoms with Crippen LogP contribution in [0, 0.1) is 6.92 Å². The molecule has 5 rings (SSSR count). The van der Waals surface area contributed by atoms with Crippen LogP contribution in [0.25, 0.3) is 10.9 Å². The fraction of sp³-hybridized carbons (Fsp3) is 0.222. The Morgan fingerprint density at radius 1 is 1.00 bits per heavy atom. The number of rotatable bonds is 4. The highest BCUT2D eigenvalue weighted by Crippen LogP contribution is 2.39. The lowest BCUT2D eigenvalue weighted by molar-refractivity contribution is 0.193. The van der Waals surface area contributed by atoms with Gasteiger partial charge in [0.05, 0.1) is 20.3 Å². The van der Waals surface area contributed by atoms with Crippen molar-refractivity contribution < 1.29 is 14.3 Å². The highest BCUT2D eigenvalue weighted by Gasteiger charge is 2.34. The third kappa shape index (κ3) is 3.78. The van der Waals surface area contributed by atoms with Gasteiger partial charge in [0, 0.05) is 34.9 Å². The topological polar surface area (TPSA) is 66.6 Å². The molecule has 0 saturated heterocycles. The van der Waals surface area contributed by atoms with E-state index in [9.17, 15) is 4.79 Å². The molecule has 0 saturated carbocycles. The number of methoxy groups -OCH3 is 2. The number of para-hydroxylation sites is 1. The molecule has 2 heterocycles. The normalized spacial score (nSPS) is 15.2. The van der Waals surface area contributed by atoms with Crippen molar-refractivity contribution in [3.8, 4) is 11.5 Å². The van der Waals surface area contributed by atoms with E-state index in [2.05, 4.69) is 59.7 Å². The Morgan fingerprint density at radius 2 is 1.76 bits per heavy atom. The van der Waals surface area contributed by atoms with Crippen molar-refractivity contribution in [3.05, 3.63) is 89.1 Å². The summed E-state index contributed by atoms with van der Waals surface area (Å²) < 4.78 is 10.7. The molecule has 0 radical (unpaired) electrons. The minimum atomic E-state index is -0.207. The number of hydrogen-bond donors (Lipinski definition) is 2. The zero-order valence-electron chi connectivity index (χ0n) is 19.0. The number of amides is 2. The van der Waals surface area contributed by atoms with Crippen LogP contribution < -0.4 is 14.8 Å². The molecule has 0 aliphatic carbocycles. The predicted octanol–water partition coefficient (Wildman–Crippen LogP) is 5.67. The van der Waals surface area contributed by atoms with Crippen molar-refractivity contribution in [1.82, 2.24) is 9.88 Å². The van der Waals surface area contributed by atoms with E-state index in [0.29, 0.717) is 23.7 Å². The first-order chi connectivity index (χ1) is 16.1. The number of aromatic nitrogens is 1. The van der Waals surface area contributed by atoms with E-state index in [1.54, 1.807) is 26.4 Å². The van der Waals surface area contributed by atoms with Crippen LogP contribution in [0.5, 0.6) is 11.5 Å². The van der Waals surface area contributed by atoms with Gasteiger partial charge in [-0.15, -0.1) is 0 Å². The van der Waals surface area contributed by atoms with Crippen molar-refractivity contribution in [2.45, 2.75) is 19.4 Å². The van der Waals surface area contributed by atoms with Crippen LogP contribution >= 0.6 is 0 Å². The van der Waals surface area contributed by atoms with E-state index in [1.807, 2.05) is 17.0 Å². The van der Waals surface area contributed by atoms with Gasteiger partial charge in [0.15, 0.2) is 11.5 Å². The van der Waals surface area contributed by atoms with Gasteiger partial charge in [0.1, 0.15) is 0 Å². The van der Waals surface area contributed by atoms with E-state index in [0.717, 1.165) is 23.2 Å². The summed E-state index contributed by atoms with van der Waals surface area (Å²) in [6.45, 7) is 2.69. The van der Waals surface area contributed by atoms with E-state index >= 15 is 0 Å². The molecule has 168 valence electrons. The number of aryl methyl sites for hydroxylation is 1. The van der Waals surface area contributed by atoms with Crippen LogP contribution in [0.1, 0.15) is 28.4 Å². The Hall–Kier alpha value is -3.93. The van der Waals surface area contributed by atoms with Gasteiger partial charge in [-0.1, -0.05) is 48.0 Å². The zero-order valence-corrected chi connectivity index (χ0v) is 19.0. The summed E-state index contributed by atoms with van der Waals surface area (Å²) in [5, 5.41) is 4.28. The van der Waals surface area contributed by atoms with Crippen LogP contribution in [0.2, 0.25) is 0 Å². The number of aromatic amines is 1. The maximum atomic E-state index is 13.5. The molecular formula is C27H27N3O3. The van der Waals surface area contributed by atoms with Gasteiger partial charge < -0.3 is 24.7 Å². The molecule has 0 fully saturated rings. The Morgan fingerprint density at radius 3 is 2.52 bits per heavy atom. The lowest BCUT2D eigenvalue weighted by Gasteiger charge is -2.36. The standard InChI is InChI=1S/C27H27N3O3/c1-17-8-10-18(11-9-17)26-25-21(20-6-4-5-7-22(20)29-25)14-15-30(26)27(31)28-19-12-13-23(32-2)24(16-19)33-3/h4-13,16,26,29H,14-15H2,1-3H3,(H,28,31)/t26-/m1/s1. The first-order valence-electron chi connectivity index (χ1n) is 11.0. The lowest BCUT2D eigenvalue weighted by Crippen LogP contribution is -2.43. The smallest absolute Gasteiger partial charge is 0.322 e. The highest BCUT2D eigenvalue weighted by atomic mass is 16.5. The van der Waals surface area contributed by atoms with Crippen molar-refractivity contribution in [2.75, 3.05) is 26.1 Å². The molecule has 33 heavy (non-hydrogen) atoms. The summed E-state index contributed by atoms with van der Waals surface area (Å²) >= 11 is 0. The minimum Gasteiger partial charge on any atom is -0.493 e. The first kappa shape index (κ1) is 20.9. The quantitative estimate of drug-likeness (QED) is 0.429. The van der Waals surface area contributed by atoms with Crippen molar-refractivity contribution in [3.63, 3.8) is 0 Å². The number of urea groups is 1. The fourth-order valence-electron chi connectivity index (χ4n) is 4.66. The summed E-state index contributed by atoms with van der Waals surface area (Å²) in [5.74, 6) is 1.19. The summed E-state index contributed by atoms with van der Waals surface area (Å²) in [6, 6.07) is 21.8. The van der Waals surface area contributed by atoms with Gasteiger partial charge >= 0.3 is 6.03 Å². The molecule has 3 aromatic carbocycles. The zero-order chi connectivity index (χ0) is 22.9. The van der Waals surface area contributed by atoms with Crippen molar-refractivity contribution >= 4 is 22.6 Å². The van der Waals surface area contributed by atoms with E-state index in [1.165, 1.54) is 16.5 Å². The monoisotopic (exact) mass is 441 g/mol. The Labute approximate surface area is 193 Å². The average Bonchev–Trinajstić information content (AvgIpc) is 3.22. The molecule has 6 nitrogen and oxygen atoms in total. The number of carbonyl (C=O) groups excluding carboxylic acids is 1. The highest BCUT2D eigenvalue weighted by molar-refractivity contribution is 5.92. The van der Waals surface area contributed by atoms with Crippen LogP contribution in [-0.4, -0.2) is 36.7 Å². The summed E-state index contributed by atoms with van der Waals surface area (Å²) in [6.07, 6.45) is 0.793. The maximum absolute atomic E-state index is 13.5. The number of carbonyl (C=O) groups is 1. The Balaban J connectivity index is 1.53. The molecule has 1 atom stereocenters. The Bertz CT molecular complexity index is 1310. The largest absolute Gasteiger partial charge is 0.493 e. The fourth-order valence-corrected chi connectivity index (χ4v) is 4.66. The van der Waals surface area contributed by atoms with Crippen LogP contribution in [0.3, 0.4) is 0 Å². The van der Waals surface area contributed by atoms with E-state index in [-0.39, 0.29) is 12.1 Å². The molecule has 1 aliphatic heterocycles. The molecule has 0 unspecified atom stereocenters. The number of ether oxygens (including phenoxy) is 2. The second-order valence-electron chi connectivity index (χ2n) is 8.32. The average molecular weight is 442 g/mol. The Kier molecular flexibility index (Phi) is 5.42. The SMILES string of the molecule is COc1ccc(NC(=O)N2CCc3c([nH]c4ccccc34)[C@H]2c2ccc(C)cc2)cc1OC. The van der Waals surface area contributed by atoms with Crippen LogP contribution in [-0.2, 0) is 6.42 Å². The molecule has 4 aromatic rings. The van der Waals surface area contributed by atoms with Gasteiger partial charge in [-0.2, -0.15) is 0 Å². The van der Waals surface area contributed by atoms with Crippen molar-refractivity contribution in [1.29, 1.82) is 0 Å². The van der Waals surface area contributed by atoms with Gasteiger partial charge in [0.2, 0.25) is 0 Å². The molecule has 0 spiro atoms. The predicted molar refractivity (Wildman–Crippen MR) is 130 cm³/mol. The van der Waals surface area contributed by atoms with Gasteiger partial charge in [-0.3, -0.25) is 0 Å². The van der Waals surface area contributed by atoms with Gasteiger partial charge in [0.25, 0.3) is 0 Å². The second kappa shape index (κ2) is 8.54. The van der Waals surface area contributed by atoms with Gasteiger partial charge in [-0.05, 0) is 42.7 Å². The number of hydrogen-bond acceptors (Lipinski definition) is 3. The van der Waals surface area contributed by atoms with Crippen LogP contribution in [0.4, 0.5) is 10.5 Å².